The lowest BCUT2D eigenvalue weighted by Crippen LogP contribution is -2.25. The largest absolute Gasteiger partial charge is 0.380 e. The molecule has 0 amide bonds. The summed E-state index contributed by atoms with van der Waals surface area (Å²) in [5.41, 5.74) is 5.00. The van der Waals surface area contributed by atoms with E-state index in [2.05, 4.69) is 38.1 Å². The van der Waals surface area contributed by atoms with E-state index in [0.717, 1.165) is 29.5 Å². The molecule has 2 aromatic rings. The van der Waals surface area contributed by atoms with Crippen LogP contribution in [0.3, 0.4) is 0 Å². The summed E-state index contributed by atoms with van der Waals surface area (Å²) >= 11 is 0. The summed E-state index contributed by atoms with van der Waals surface area (Å²) in [6, 6.07) is 14.6. The second kappa shape index (κ2) is 3.96. The topological polar surface area (TPSA) is 20.2 Å². The van der Waals surface area contributed by atoms with Crippen LogP contribution in [0.15, 0.2) is 42.5 Å². The van der Waals surface area contributed by atoms with Crippen molar-refractivity contribution in [1.29, 1.82) is 0 Å². The molecule has 0 fully saturated rings. The Labute approximate surface area is 108 Å². The van der Waals surface area contributed by atoms with Crippen molar-refractivity contribution in [2.75, 3.05) is 0 Å². The average molecular weight is 238 g/mol. The van der Waals surface area contributed by atoms with Crippen LogP contribution >= 0.6 is 0 Å². The van der Waals surface area contributed by atoms with E-state index in [1.54, 1.807) is 0 Å². The minimum Gasteiger partial charge on any atom is -0.380 e. The van der Waals surface area contributed by atoms with E-state index in [1.807, 2.05) is 18.2 Å². The molecule has 2 aromatic carbocycles. The van der Waals surface area contributed by atoms with Crippen LogP contribution in [0.5, 0.6) is 0 Å². The molecular formula is C17H18O. The Morgan fingerprint density at radius 1 is 1.00 bits per heavy atom. The van der Waals surface area contributed by atoms with Crippen LogP contribution < -0.4 is 0 Å². The second-order valence-corrected chi connectivity index (χ2v) is 5.34. The molecule has 0 bridgehead atoms. The predicted molar refractivity (Wildman–Crippen MR) is 73.7 cm³/mol. The quantitative estimate of drug-likeness (QED) is 0.806. The van der Waals surface area contributed by atoms with Gasteiger partial charge in [-0.15, -0.1) is 0 Å². The smallest absolute Gasteiger partial charge is 0.115 e. The molecular weight excluding hydrogens is 220 g/mol. The highest BCUT2D eigenvalue weighted by Gasteiger charge is 2.38. The van der Waals surface area contributed by atoms with Gasteiger partial charge in [-0.1, -0.05) is 48.0 Å². The molecule has 1 unspecified atom stereocenters. The van der Waals surface area contributed by atoms with Gasteiger partial charge in [0.15, 0.2) is 0 Å². The van der Waals surface area contributed by atoms with Gasteiger partial charge in [0, 0.05) is 0 Å². The molecule has 1 nitrogen and oxygen atoms in total. The molecule has 1 heteroatoms. The van der Waals surface area contributed by atoms with E-state index in [0.29, 0.717) is 0 Å². The normalized spacial score (nSPS) is 21.9. The third-order valence-electron chi connectivity index (χ3n) is 4.06. The minimum absolute atomic E-state index is 0.788. The third-order valence-corrected chi connectivity index (χ3v) is 4.06. The molecule has 0 radical (unpaired) electrons. The first-order chi connectivity index (χ1) is 8.61. The zero-order chi connectivity index (χ0) is 12.8. The van der Waals surface area contributed by atoms with Crippen LogP contribution in [0.2, 0.25) is 0 Å². The van der Waals surface area contributed by atoms with Gasteiger partial charge in [-0.05, 0) is 48.9 Å². The Morgan fingerprint density at radius 3 is 2.56 bits per heavy atom. The zero-order valence-electron chi connectivity index (χ0n) is 10.9. The number of aliphatic hydroxyl groups is 1. The van der Waals surface area contributed by atoms with Crippen LogP contribution in [-0.4, -0.2) is 5.11 Å². The standard InChI is InChI=1S/C17H18O/c1-12-7-8-14-9-10-17(18,16(14)11-12)15-6-4-3-5-13(15)2/h3-8,11,18H,9-10H2,1-2H3. The van der Waals surface area contributed by atoms with Crippen LogP contribution in [0.1, 0.15) is 34.2 Å². The summed E-state index contributed by atoms with van der Waals surface area (Å²) < 4.78 is 0. The summed E-state index contributed by atoms with van der Waals surface area (Å²) in [5, 5.41) is 11.1. The van der Waals surface area contributed by atoms with Gasteiger partial charge in [-0.2, -0.15) is 0 Å². The second-order valence-electron chi connectivity index (χ2n) is 5.34. The number of hydrogen-bond acceptors (Lipinski definition) is 1. The maximum absolute atomic E-state index is 11.1. The highest BCUT2D eigenvalue weighted by Crippen LogP contribution is 2.43. The Kier molecular flexibility index (Phi) is 2.53. The van der Waals surface area contributed by atoms with E-state index < -0.39 is 5.60 Å². The third kappa shape index (κ3) is 1.58. The molecule has 0 saturated heterocycles. The van der Waals surface area contributed by atoms with E-state index in [-0.39, 0.29) is 0 Å². The number of aryl methyl sites for hydroxylation is 3. The molecule has 0 heterocycles. The molecule has 92 valence electrons. The van der Waals surface area contributed by atoms with E-state index in [1.165, 1.54) is 11.1 Å². The van der Waals surface area contributed by atoms with Crippen molar-refractivity contribution in [1.82, 2.24) is 0 Å². The first-order valence-corrected chi connectivity index (χ1v) is 6.50. The van der Waals surface area contributed by atoms with E-state index >= 15 is 0 Å². The fraction of sp³-hybridized carbons (Fsp3) is 0.294. The lowest BCUT2D eigenvalue weighted by atomic mass is 9.85. The summed E-state index contributed by atoms with van der Waals surface area (Å²) in [6.07, 6.45) is 1.75. The van der Waals surface area contributed by atoms with Crippen molar-refractivity contribution >= 4 is 0 Å². The maximum Gasteiger partial charge on any atom is 0.115 e. The van der Waals surface area contributed by atoms with Crippen LogP contribution in [0.25, 0.3) is 0 Å². The average Bonchev–Trinajstić information content (AvgIpc) is 2.69. The molecule has 3 rings (SSSR count). The Hall–Kier alpha value is -1.60. The molecule has 1 aliphatic rings. The minimum atomic E-state index is -0.799. The lowest BCUT2D eigenvalue weighted by Gasteiger charge is -2.26. The number of benzene rings is 2. The van der Waals surface area contributed by atoms with Crippen molar-refractivity contribution in [2.45, 2.75) is 32.3 Å². The SMILES string of the molecule is Cc1ccc2c(c1)C(O)(c1ccccc1C)CC2. The summed E-state index contributed by atoms with van der Waals surface area (Å²) in [5.74, 6) is 0. The highest BCUT2D eigenvalue weighted by molar-refractivity contribution is 5.48. The van der Waals surface area contributed by atoms with Crippen molar-refractivity contribution in [2.24, 2.45) is 0 Å². The van der Waals surface area contributed by atoms with Gasteiger partial charge in [0.2, 0.25) is 0 Å². The molecule has 1 atom stereocenters. The summed E-state index contributed by atoms with van der Waals surface area (Å²) in [6.45, 7) is 4.15. The summed E-state index contributed by atoms with van der Waals surface area (Å²) in [7, 11) is 0. The highest BCUT2D eigenvalue weighted by atomic mass is 16.3. The number of fused-ring (bicyclic) bond motifs is 1. The molecule has 0 spiro atoms. The zero-order valence-corrected chi connectivity index (χ0v) is 10.9. The van der Waals surface area contributed by atoms with Crippen LogP contribution in [-0.2, 0) is 12.0 Å². The maximum atomic E-state index is 11.1. The molecule has 1 aliphatic carbocycles. The molecule has 0 saturated carbocycles. The van der Waals surface area contributed by atoms with Gasteiger partial charge in [0.05, 0.1) is 0 Å². The van der Waals surface area contributed by atoms with Gasteiger partial charge in [-0.25, -0.2) is 0 Å². The van der Waals surface area contributed by atoms with Crippen molar-refractivity contribution < 1.29 is 5.11 Å². The van der Waals surface area contributed by atoms with Gasteiger partial charge < -0.3 is 5.11 Å². The van der Waals surface area contributed by atoms with Crippen molar-refractivity contribution in [3.63, 3.8) is 0 Å². The Bertz CT molecular complexity index is 600. The van der Waals surface area contributed by atoms with Crippen LogP contribution in [0.4, 0.5) is 0 Å². The number of hydrogen-bond donors (Lipinski definition) is 1. The first-order valence-electron chi connectivity index (χ1n) is 6.50. The van der Waals surface area contributed by atoms with E-state index in [4.69, 9.17) is 0 Å². The van der Waals surface area contributed by atoms with Gasteiger partial charge in [0.25, 0.3) is 0 Å². The monoisotopic (exact) mass is 238 g/mol. The fourth-order valence-electron chi connectivity index (χ4n) is 3.06. The van der Waals surface area contributed by atoms with Gasteiger partial charge >= 0.3 is 0 Å². The van der Waals surface area contributed by atoms with Crippen molar-refractivity contribution in [3.8, 4) is 0 Å². The Balaban J connectivity index is 2.20. The predicted octanol–water partition coefficient (Wildman–Crippen LogP) is 3.49. The van der Waals surface area contributed by atoms with Crippen molar-refractivity contribution in [3.05, 3.63) is 70.3 Å². The molecule has 1 N–H and O–H groups in total. The van der Waals surface area contributed by atoms with Crippen LogP contribution in [0, 0.1) is 13.8 Å². The molecule has 18 heavy (non-hydrogen) atoms. The summed E-state index contributed by atoms with van der Waals surface area (Å²) in [4.78, 5) is 0. The molecule has 0 aliphatic heterocycles. The first kappa shape index (κ1) is 11.5. The molecule has 0 aromatic heterocycles. The lowest BCUT2D eigenvalue weighted by molar-refractivity contribution is 0.0822. The van der Waals surface area contributed by atoms with Gasteiger partial charge in [0.1, 0.15) is 5.60 Å². The number of rotatable bonds is 1. The Morgan fingerprint density at radius 2 is 1.78 bits per heavy atom. The van der Waals surface area contributed by atoms with E-state index in [9.17, 15) is 5.11 Å². The fourth-order valence-corrected chi connectivity index (χ4v) is 3.06. The van der Waals surface area contributed by atoms with Gasteiger partial charge in [-0.3, -0.25) is 0 Å².